The lowest BCUT2D eigenvalue weighted by Gasteiger charge is -2.29. The molecule has 1 amide bonds. The maximum absolute atomic E-state index is 12.5. The second kappa shape index (κ2) is 6.64. The maximum atomic E-state index is 12.5. The summed E-state index contributed by atoms with van der Waals surface area (Å²) in [5, 5.41) is 3.13. The molecule has 0 unspecified atom stereocenters. The van der Waals surface area contributed by atoms with E-state index < -0.39 is 0 Å². The first kappa shape index (κ1) is 17.6. The lowest BCUT2D eigenvalue weighted by Crippen LogP contribution is -2.42. The first-order valence-electron chi connectivity index (χ1n) is 10.9. The standard InChI is InChI=1S/C24H27N3O2/c28-23(21-7-3-4-10-25-21)26-13-19-20-14-27(15-24(20)9-8-22(19)29-24)18-11-16-5-1-2-6-17(16)12-18/h1-7,10,18-20,22H,8-9,11-15H2,(H,26,28)/t19-,20+,22+,24+/m0/s1. The zero-order valence-electron chi connectivity index (χ0n) is 16.6. The Morgan fingerprint density at radius 2 is 1.97 bits per heavy atom. The van der Waals surface area contributed by atoms with Gasteiger partial charge in [-0.2, -0.15) is 0 Å². The molecular formula is C24H27N3O2. The van der Waals surface area contributed by atoms with E-state index in [2.05, 4.69) is 39.5 Å². The van der Waals surface area contributed by atoms with Crippen LogP contribution in [0.5, 0.6) is 0 Å². The molecule has 4 heterocycles. The highest BCUT2D eigenvalue weighted by Crippen LogP contribution is 2.55. The van der Waals surface area contributed by atoms with Gasteiger partial charge in [-0.1, -0.05) is 30.3 Å². The first-order valence-corrected chi connectivity index (χ1v) is 10.9. The molecule has 4 aliphatic rings. The van der Waals surface area contributed by atoms with Crippen LogP contribution in [0.4, 0.5) is 0 Å². The van der Waals surface area contributed by atoms with Gasteiger partial charge >= 0.3 is 0 Å². The minimum absolute atomic E-state index is 0.0137. The third-order valence-corrected chi connectivity index (χ3v) is 7.75. The van der Waals surface area contributed by atoms with E-state index in [-0.39, 0.29) is 11.5 Å². The van der Waals surface area contributed by atoms with Crippen LogP contribution in [-0.2, 0) is 17.6 Å². The summed E-state index contributed by atoms with van der Waals surface area (Å²) in [7, 11) is 0. The minimum atomic E-state index is -0.0801. The Morgan fingerprint density at radius 3 is 2.72 bits per heavy atom. The Morgan fingerprint density at radius 1 is 1.17 bits per heavy atom. The number of pyridine rings is 1. The third kappa shape index (κ3) is 2.82. The van der Waals surface area contributed by atoms with Gasteiger partial charge in [-0.05, 0) is 48.9 Å². The summed E-state index contributed by atoms with van der Waals surface area (Å²) in [4.78, 5) is 19.3. The number of ether oxygens (including phenoxy) is 1. The Kier molecular flexibility index (Phi) is 4.03. The number of carbonyl (C=O) groups excluding carboxylic acids is 1. The molecule has 1 aromatic heterocycles. The number of nitrogens with zero attached hydrogens (tertiary/aromatic N) is 2. The van der Waals surface area contributed by atoms with Crippen molar-refractivity contribution >= 4 is 5.91 Å². The van der Waals surface area contributed by atoms with Crippen LogP contribution in [-0.4, -0.2) is 53.2 Å². The van der Waals surface area contributed by atoms with Gasteiger partial charge in [-0.15, -0.1) is 0 Å². The van der Waals surface area contributed by atoms with E-state index in [0.29, 0.717) is 36.2 Å². The van der Waals surface area contributed by atoms with Gasteiger partial charge in [0.25, 0.3) is 5.91 Å². The zero-order chi connectivity index (χ0) is 19.4. The van der Waals surface area contributed by atoms with Gasteiger partial charge in [0.05, 0.1) is 11.7 Å². The van der Waals surface area contributed by atoms with Gasteiger partial charge in [-0.3, -0.25) is 14.7 Å². The third-order valence-electron chi connectivity index (χ3n) is 7.75. The van der Waals surface area contributed by atoms with Gasteiger partial charge in [-0.25, -0.2) is 0 Å². The second-order valence-electron chi connectivity index (χ2n) is 9.22. The molecule has 6 rings (SSSR count). The van der Waals surface area contributed by atoms with E-state index in [0.717, 1.165) is 32.4 Å². The summed E-state index contributed by atoms with van der Waals surface area (Å²) in [5.74, 6) is 0.850. The Balaban J connectivity index is 1.14. The topological polar surface area (TPSA) is 54.5 Å². The van der Waals surface area contributed by atoms with E-state index >= 15 is 0 Å². The van der Waals surface area contributed by atoms with Crippen molar-refractivity contribution in [1.82, 2.24) is 15.2 Å². The van der Waals surface area contributed by atoms with E-state index in [1.165, 1.54) is 17.5 Å². The lowest BCUT2D eigenvalue weighted by molar-refractivity contribution is -0.000752. The Hall–Kier alpha value is -2.24. The monoisotopic (exact) mass is 389 g/mol. The highest BCUT2D eigenvalue weighted by Gasteiger charge is 2.63. The smallest absolute Gasteiger partial charge is 0.269 e. The summed E-state index contributed by atoms with van der Waals surface area (Å²) in [6.07, 6.45) is 6.57. The molecule has 1 aromatic carbocycles. The van der Waals surface area contributed by atoms with Crippen LogP contribution in [0.2, 0.25) is 0 Å². The van der Waals surface area contributed by atoms with E-state index in [1.54, 1.807) is 12.3 Å². The molecule has 150 valence electrons. The number of carbonyl (C=O) groups is 1. The average Bonchev–Trinajstić information content (AvgIpc) is 3.50. The number of amides is 1. The van der Waals surface area contributed by atoms with Gasteiger partial charge in [0.1, 0.15) is 5.69 Å². The minimum Gasteiger partial charge on any atom is -0.370 e. The molecule has 3 fully saturated rings. The summed E-state index contributed by atoms with van der Waals surface area (Å²) < 4.78 is 6.59. The van der Waals surface area contributed by atoms with E-state index in [1.807, 2.05) is 12.1 Å². The van der Waals surface area contributed by atoms with Crippen molar-refractivity contribution in [2.24, 2.45) is 11.8 Å². The lowest BCUT2D eigenvalue weighted by atomic mass is 9.73. The van der Waals surface area contributed by atoms with E-state index in [9.17, 15) is 4.79 Å². The number of likely N-dealkylation sites (tertiary alicyclic amines) is 1. The summed E-state index contributed by atoms with van der Waals surface area (Å²) in [6, 6.07) is 14.9. The molecule has 29 heavy (non-hydrogen) atoms. The normalized spacial score (nSPS) is 33.0. The van der Waals surface area contributed by atoms with Gasteiger partial charge < -0.3 is 10.1 Å². The van der Waals surface area contributed by atoms with Crippen LogP contribution in [0, 0.1) is 11.8 Å². The molecule has 1 N–H and O–H groups in total. The van der Waals surface area contributed by atoms with Crippen molar-refractivity contribution in [2.75, 3.05) is 19.6 Å². The summed E-state index contributed by atoms with van der Waals surface area (Å²) in [6.45, 7) is 2.84. The Bertz CT molecular complexity index is 908. The van der Waals surface area contributed by atoms with E-state index in [4.69, 9.17) is 4.74 Å². The van der Waals surface area contributed by atoms with Crippen molar-refractivity contribution in [3.8, 4) is 0 Å². The predicted octanol–water partition coefficient (Wildman–Crippen LogP) is 2.46. The predicted molar refractivity (Wildman–Crippen MR) is 110 cm³/mol. The number of hydrogen-bond donors (Lipinski definition) is 1. The molecule has 4 atom stereocenters. The van der Waals surface area contributed by atoms with Crippen LogP contribution in [0.25, 0.3) is 0 Å². The van der Waals surface area contributed by atoms with Gasteiger partial charge in [0.15, 0.2) is 0 Å². The van der Waals surface area contributed by atoms with Crippen molar-refractivity contribution < 1.29 is 9.53 Å². The van der Waals surface area contributed by atoms with Gasteiger partial charge in [0.2, 0.25) is 0 Å². The molecule has 2 aromatic rings. The SMILES string of the molecule is O=C(NC[C@H]1[C@H]2CN(C3Cc4ccccc4C3)C[C@]23CC[C@H]1O3)c1ccccn1. The molecule has 5 heteroatoms. The molecule has 2 bridgehead atoms. The van der Waals surface area contributed by atoms with Crippen LogP contribution < -0.4 is 5.32 Å². The molecule has 3 aliphatic heterocycles. The largest absolute Gasteiger partial charge is 0.370 e. The number of fused-ring (bicyclic) bond motifs is 2. The van der Waals surface area contributed by atoms with Crippen molar-refractivity contribution in [2.45, 2.75) is 43.4 Å². The highest BCUT2D eigenvalue weighted by molar-refractivity contribution is 5.92. The number of hydrogen-bond acceptors (Lipinski definition) is 4. The molecule has 3 saturated heterocycles. The summed E-state index contributed by atoms with van der Waals surface area (Å²) >= 11 is 0. The molecular weight excluding hydrogens is 362 g/mol. The molecule has 1 spiro atoms. The highest BCUT2D eigenvalue weighted by atomic mass is 16.5. The van der Waals surface area contributed by atoms with Crippen LogP contribution in [0.3, 0.4) is 0 Å². The maximum Gasteiger partial charge on any atom is 0.269 e. The Labute approximate surface area is 171 Å². The fraction of sp³-hybridized carbons (Fsp3) is 0.500. The van der Waals surface area contributed by atoms with Crippen LogP contribution in [0.15, 0.2) is 48.7 Å². The molecule has 1 aliphatic carbocycles. The zero-order valence-corrected chi connectivity index (χ0v) is 16.6. The number of aromatic nitrogens is 1. The first-order chi connectivity index (χ1) is 14.2. The number of nitrogens with one attached hydrogen (secondary N) is 1. The number of benzene rings is 1. The summed E-state index contributed by atoms with van der Waals surface area (Å²) in [5.41, 5.74) is 3.52. The van der Waals surface area contributed by atoms with Crippen LogP contribution in [0.1, 0.15) is 34.5 Å². The van der Waals surface area contributed by atoms with Crippen molar-refractivity contribution in [3.05, 3.63) is 65.5 Å². The molecule has 0 radical (unpaired) electrons. The number of rotatable bonds is 4. The molecule has 0 saturated carbocycles. The quantitative estimate of drug-likeness (QED) is 0.873. The van der Waals surface area contributed by atoms with Crippen molar-refractivity contribution in [1.29, 1.82) is 0 Å². The molecule has 5 nitrogen and oxygen atoms in total. The average molecular weight is 389 g/mol. The van der Waals surface area contributed by atoms with Gasteiger partial charge in [0, 0.05) is 43.7 Å². The fourth-order valence-electron chi connectivity index (χ4n) is 6.37. The van der Waals surface area contributed by atoms with Crippen molar-refractivity contribution in [3.63, 3.8) is 0 Å². The fourth-order valence-corrected chi connectivity index (χ4v) is 6.37. The van der Waals surface area contributed by atoms with Crippen LogP contribution >= 0.6 is 0 Å². The second-order valence-corrected chi connectivity index (χ2v) is 9.22.